The van der Waals surface area contributed by atoms with E-state index in [-0.39, 0.29) is 5.91 Å². The van der Waals surface area contributed by atoms with Crippen molar-refractivity contribution in [3.8, 4) is 5.75 Å². The minimum Gasteiger partial charge on any atom is -0.492 e. The maximum atomic E-state index is 12.0. The number of hydrogen-bond acceptors (Lipinski definition) is 3. The summed E-state index contributed by atoms with van der Waals surface area (Å²) in [6.07, 6.45) is 0. The number of nitrogens with one attached hydrogen (secondary N) is 1. The van der Waals surface area contributed by atoms with Gasteiger partial charge in [0.1, 0.15) is 12.4 Å². The summed E-state index contributed by atoms with van der Waals surface area (Å²) in [4.78, 5) is 14.0. The number of carbonyl (C=O) groups excluding carboxylic acids is 1. The minimum absolute atomic E-state index is 0.0101. The van der Waals surface area contributed by atoms with E-state index in [1.54, 1.807) is 0 Å². The Hall–Kier alpha value is -2.49. The average molecular weight is 312 g/mol. The second-order valence-corrected chi connectivity index (χ2v) is 5.66. The number of amides is 1. The number of carbonyl (C=O) groups is 1. The molecule has 0 saturated heterocycles. The van der Waals surface area contributed by atoms with Crippen LogP contribution in [-0.2, 0) is 4.79 Å². The molecule has 0 aliphatic heterocycles. The van der Waals surface area contributed by atoms with Gasteiger partial charge >= 0.3 is 0 Å². The molecule has 1 amide bonds. The number of ether oxygens (including phenoxy) is 1. The lowest BCUT2D eigenvalue weighted by molar-refractivity contribution is -0.119. The number of nitrogens with zero attached hydrogens (tertiary/aromatic N) is 1. The molecule has 0 fully saturated rings. The molecule has 122 valence electrons. The topological polar surface area (TPSA) is 41.6 Å². The van der Waals surface area contributed by atoms with Crippen molar-refractivity contribution in [3.63, 3.8) is 0 Å². The molecule has 23 heavy (non-hydrogen) atoms. The number of anilines is 1. The Morgan fingerprint density at radius 3 is 2.57 bits per heavy atom. The molecule has 4 heteroatoms. The van der Waals surface area contributed by atoms with Gasteiger partial charge in [0.15, 0.2) is 0 Å². The van der Waals surface area contributed by atoms with Crippen molar-refractivity contribution in [1.29, 1.82) is 0 Å². The molecule has 0 radical (unpaired) electrons. The molecule has 2 rings (SSSR count). The lowest BCUT2D eigenvalue weighted by atomic mass is 10.1. The molecule has 1 N–H and O–H groups in total. The fourth-order valence-electron chi connectivity index (χ4n) is 2.47. The predicted octanol–water partition coefficient (Wildman–Crippen LogP) is 2.93. The maximum absolute atomic E-state index is 12.0. The average Bonchev–Trinajstić information content (AvgIpc) is 2.52. The van der Waals surface area contributed by atoms with Gasteiger partial charge in [-0.3, -0.25) is 4.79 Å². The zero-order valence-corrected chi connectivity index (χ0v) is 14.0. The van der Waals surface area contributed by atoms with Crippen LogP contribution in [0.5, 0.6) is 5.75 Å². The Morgan fingerprint density at radius 2 is 1.87 bits per heavy atom. The third-order valence-corrected chi connectivity index (χ3v) is 3.58. The molecule has 0 heterocycles. The fraction of sp³-hybridized carbons (Fsp3) is 0.316. The molecular weight excluding hydrogens is 288 g/mol. The highest BCUT2D eigenvalue weighted by Gasteiger charge is 2.09. The van der Waals surface area contributed by atoms with Gasteiger partial charge in [0.25, 0.3) is 0 Å². The molecule has 0 aliphatic rings. The highest BCUT2D eigenvalue weighted by Crippen LogP contribution is 2.19. The summed E-state index contributed by atoms with van der Waals surface area (Å²) in [6, 6.07) is 15.8. The Balaban J connectivity index is 1.74. The Morgan fingerprint density at radius 1 is 1.13 bits per heavy atom. The van der Waals surface area contributed by atoms with Crippen LogP contribution in [0.25, 0.3) is 0 Å². The van der Waals surface area contributed by atoms with Crippen LogP contribution >= 0.6 is 0 Å². The molecule has 2 aromatic carbocycles. The van der Waals surface area contributed by atoms with Gasteiger partial charge in [-0.25, -0.2) is 0 Å². The molecule has 0 bridgehead atoms. The van der Waals surface area contributed by atoms with Gasteiger partial charge in [0.05, 0.1) is 13.1 Å². The van der Waals surface area contributed by atoms with E-state index in [1.165, 1.54) is 11.1 Å². The monoisotopic (exact) mass is 312 g/mol. The Bertz CT molecular complexity index is 641. The molecule has 0 spiro atoms. The summed E-state index contributed by atoms with van der Waals surface area (Å²) in [5.41, 5.74) is 3.47. The largest absolute Gasteiger partial charge is 0.492 e. The molecule has 0 aliphatic carbocycles. The summed E-state index contributed by atoms with van der Waals surface area (Å²) in [7, 11) is 1.93. The van der Waals surface area contributed by atoms with Crippen molar-refractivity contribution in [1.82, 2.24) is 5.32 Å². The highest BCUT2D eigenvalue weighted by molar-refractivity contribution is 5.81. The van der Waals surface area contributed by atoms with Gasteiger partial charge in [-0.2, -0.15) is 0 Å². The number of rotatable bonds is 7. The normalized spacial score (nSPS) is 10.2. The summed E-state index contributed by atoms with van der Waals surface area (Å²) >= 11 is 0. The number of hydrogen-bond donors (Lipinski definition) is 1. The SMILES string of the molecule is Cc1ccc(N(C)CC(=O)NCCOc2ccccc2)c(C)c1. The van der Waals surface area contributed by atoms with Crippen molar-refractivity contribution >= 4 is 11.6 Å². The van der Waals surface area contributed by atoms with Crippen LogP contribution in [0.1, 0.15) is 11.1 Å². The van der Waals surface area contributed by atoms with E-state index in [0.717, 1.165) is 11.4 Å². The van der Waals surface area contributed by atoms with Gasteiger partial charge in [-0.1, -0.05) is 35.9 Å². The van der Waals surface area contributed by atoms with Crippen molar-refractivity contribution in [2.24, 2.45) is 0 Å². The van der Waals surface area contributed by atoms with E-state index in [2.05, 4.69) is 37.4 Å². The number of likely N-dealkylation sites (N-methyl/N-ethyl adjacent to an activating group) is 1. The van der Waals surface area contributed by atoms with Crippen molar-refractivity contribution in [3.05, 3.63) is 59.7 Å². The van der Waals surface area contributed by atoms with Crippen LogP contribution in [0.2, 0.25) is 0 Å². The first-order valence-corrected chi connectivity index (χ1v) is 7.79. The fourth-order valence-corrected chi connectivity index (χ4v) is 2.47. The quantitative estimate of drug-likeness (QED) is 0.799. The summed E-state index contributed by atoms with van der Waals surface area (Å²) < 4.78 is 5.55. The van der Waals surface area contributed by atoms with Crippen molar-refractivity contribution < 1.29 is 9.53 Å². The van der Waals surface area contributed by atoms with E-state index < -0.39 is 0 Å². The molecule has 2 aromatic rings. The first-order chi connectivity index (χ1) is 11.1. The van der Waals surface area contributed by atoms with Crippen LogP contribution in [0.3, 0.4) is 0 Å². The highest BCUT2D eigenvalue weighted by atomic mass is 16.5. The standard InChI is InChI=1S/C19H24N2O2/c1-15-9-10-18(16(2)13-15)21(3)14-19(22)20-11-12-23-17-7-5-4-6-8-17/h4-10,13H,11-12,14H2,1-3H3,(H,20,22). The second-order valence-electron chi connectivity index (χ2n) is 5.66. The number of aryl methyl sites for hydroxylation is 2. The lowest BCUT2D eigenvalue weighted by Gasteiger charge is -2.21. The minimum atomic E-state index is -0.0101. The van der Waals surface area contributed by atoms with E-state index >= 15 is 0 Å². The second kappa shape index (κ2) is 8.22. The van der Waals surface area contributed by atoms with Crippen LogP contribution < -0.4 is 15.0 Å². The predicted molar refractivity (Wildman–Crippen MR) is 94.1 cm³/mol. The third kappa shape index (κ3) is 5.33. The first-order valence-electron chi connectivity index (χ1n) is 7.79. The molecule has 4 nitrogen and oxygen atoms in total. The van der Waals surface area contributed by atoms with Crippen molar-refractivity contribution in [2.75, 3.05) is 31.6 Å². The molecule has 0 saturated carbocycles. The Labute approximate surface area is 138 Å². The van der Waals surface area contributed by atoms with Gasteiger partial charge in [-0.05, 0) is 37.6 Å². The van der Waals surface area contributed by atoms with Gasteiger partial charge in [0, 0.05) is 12.7 Å². The van der Waals surface area contributed by atoms with Gasteiger partial charge in [-0.15, -0.1) is 0 Å². The zero-order chi connectivity index (χ0) is 16.7. The summed E-state index contributed by atoms with van der Waals surface area (Å²) in [5.74, 6) is 0.804. The van der Waals surface area contributed by atoms with E-state index in [9.17, 15) is 4.79 Å². The van der Waals surface area contributed by atoms with E-state index in [1.807, 2.05) is 42.3 Å². The third-order valence-electron chi connectivity index (χ3n) is 3.58. The van der Waals surface area contributed by atoms with Crippen molar-refractivity contribution in [2.45, 2.75) is 13.8 Å². The smallest absolute Gasteiger partial charge is 0.239 e. The van der Waals surface area contributed by atoms with Crippen LogP contribution in [0, 0.1) is 13.8 Å². The van der Waals surface area contributed by atoms with E-state index in [4.69, 9.17) is 4.74 Å². The molecular formula is C19H24N2O2. The lowest BCUT2D eigenvalue weighted by Crippen LogP contribution is -2.37. The number of benzene rings is 2. The molecule has 0 aromatic heterocycles. The molecule has 0 unspecified atom stereocenters. The number of para-hydroxylation sites is 1. The zero-order valence-electron chi connectivity index (χ0n) is 14.0. The summed E-state index contributed by atoms with van der Waals surface area (Å²) in [5, 5.41) is 2.88. The first kappa shape index (κ1) is 16.9. The maximum Gasteiger partial charge on any atom is 0.239 e. The Kier molecular flexibility index (Phi) is 6.03. The summed E-state index contributed by atoms with van der Waals surface area (Å²) in [6.45, 7) is 5.41. The van der Waals surface area contributed by atoms with Crippen LogP contribution in [0.4, 0.5) is 5.69 Å². The van der Waals surface area contributed by atoms with E-state index in [0.29, 0.717) is 19.7 Å². The van der Waals surface area contributed by atoms with Gasteiger partial charge < -0.3 is 15.0 Å². The molecule has 0 atom stereocenters. The van der Waals surface area contributed by atoms with Crippen LogP contribution in [-0.4, -0.2) is 32.7 Å². The van der Waals surface area contributed by atoms with Crippen LogP contribution in [0.15, 0.2) is 48.5 Å². The van der Waals surface area contributed by atoms with Gasteiger partial charge in [0.2, 0.25) is 5.91 Å².